The second-order valence-corrected chi connectivity index (χ2v) is 8.24. The molecule has 2 N–H and O–H groups in total. The van der Waals surface area contributed by atoms with Crippen LogP contribution >= 0.6 is 22.9 Å². The second-order valence-electron chi connectivity index (χ2n) is 6.81. The van der Waals surface area contributed by atoms with Crippen LogP contribution in [0.2, 0.25) is 5.02 Å². The SMILES string of the molecule is O=C(CCc1ccccc1)Nc1ccc(NC(=O)c2sc3ccccc3c2Cl)cc1. The van der Waals surface area contributed by atoms with Gasteiger partial charge in [0.2, 0.25) is 5.91 Å². The Labute approximate surface area is 183 Å². The molecule has 0 spiro atoms. The molecule has 4 rings (SSSR count). The van der Waals surface area contributed by atoms with Crippen LogP contribution in [0.3, 0.4) is 0 Å². The number of anilines is 2. The molecule has 0 saturated carbocycles. The van der Waals surface area contributed by atoms with Crippen LogP contribution in [0.1, 0.15) is 21.7 Å². The average molecular weight is 435 g/mol. The van der Waals surface area contributed by atoms with E-state index >= 15 is 0 Å². The molecule has 0 saturated heterocycles. The van der Waals surface area contributed by atoms with Crippen molar-refractivity contribution in [2.24, 2.45) is 0 Å². The van der Waals surface area contributed by atoms with Gasteiger partial charge < -0.3 is 10.6 Å². The summed E-state index contributed by atoms with van der Waals surface area (Å²) < 4.78 is 0.973. The molecule has 4 nitrogen and oxygen atoms in total. The summed E-state index contributed by atoms with van der Waals surface area (Å²) in [7, 11) is 0. The van der Waals surface area contributed by atoms with Gasteiger partial charge in [-0.15, -0.1) is 11.3 Å². The Morgan fingerprint density at radius 2 is 1.43 bits per heavy atom. The Hall–Kier alpha value is -3.15. The van der Waals surface area contributed by atoms with E-state index in [1.165, 1.54) is 11.3 Å². The van der Waals surface area contributed by atoms with Crippen molar-refractivity contribution in [2.45, 2.75) is 12.8 Å². The van der Waals surface area contributed by atoms with Gasteiger partial charge in [0.25, 0.3) is 5.91 Å². The summed E-state index contributed by atoms with van der Waals surface area (Å²) in [6.07, 6.45) is 1.10. The van der Waals surface area contributed by atoms with Gasteiger partial charge >= 0.3 is 0 Å². The number of hydrogen-bond donors (Lipinski definition) is 2. The number of aryl methyl sites for hydroxylation is 1. The molecule has 0 aliphatic carbocycles. The number of carbonyl (C=O) groups is 2. The van der Waals surface area contributed by atoms with Crippen molar-refractivity contribution < 1.29 is 9.59 Å². The zero-order valence-electron chi connectivity index (χ0n) is 16.0. The lowest BCUT2D eigenvalue weighted by atomic mass is 10.1. The molecule has 0 aliphatic rings. The number of carbonyl (C=O) groups excluding carboxylic acids is 2. The fourth-order valence-electron chi connectivity index (χ4n) is 3.11. The molecule has 0 radical (unpaired) electrons. The zero-order chi connectivity index (χ0) is 20.9. The molecule has 4 aromatic rings. The Morgan fingerprint density at radius 1 is 0.800 bits per heavy atom. The first-order valence-electron chi connectivity index (χ1n) is 9.52. The predicted molar refractivity (Wildman–Crippen MR) is 125 cm³/mol. The smallest absolute Gasteiger partial charge is 0.267 e. The maximum atomic E-state index is 12.6. The minimum atomic E-state index is -0.249. The first kappa shape index (κ1) is 20.1. The fourth-order valence-corrected chi connectivity index (χ4v) is 4.52. The molecule has 2 amide bonds. The van der Waals surface area contributed by atoms with E-state index in [1.807, 2.05) is 54.6 Å². The first-order valence-corrected chi connectivity index (χ1v) is 10.7. The summed E-state index contributed by atoms with van der Waals surface area (Å²) in [6, 6.07) is 24.6. The second kappa shape index (κ2) is 9.11. The Morgan fingerprint density at radius 3 is 2.13 bits per heavy atom. The standard InChI is InChI=1S/C24H19ClN2O2S/c25-22-19-8-4-5-9-20(19)30-23(22)24(29)27-18-13-11-17(12-14-18)26-21(28)15-10-16-6-2-1-3-7-16/h1-9,11-14H,10,15H2,(H,26,28)(H,27,29). The molecule has 0 atom stereocenters. The first-order chi connectivity index (χ1) is 14.6. The largest absolute Gasteiger partial charge is 0.326 e. The highest BCUT2D eigenvalue weighted by molar-refractivity contribution is 7.21. The van der Waals surface area contributed by atoms with E-state index in [1.54, 1.807) is 24.3 Å². The zero-order valence-corrected chi connectivity index (χ0v) is 17.6. The van der Waals surface area contributed by atoms with E-state index < -0.39 is 0 Å². The highest BCUT2D eigenvalue weighted by Gasteiger charge is 2.17. The van der Waals surface area contributed by atoms with E-state index in [9.17, 15) is 9.59 Å². The predicted octanol–water partition coefficient (Wildman–Crippen LogP) is 6.38. The summed E-state index contributed by atoms with van der Waals surface area (Å²) >= 11 is 7.74. The maximum absolute atomic E-state index is 12.6. The van der Waals surface area contributed by atoms with Crippen molar-refractivity contribution in [2.75, 3.05) is 10.6 Å². The molecule has 0 fully saturated rings. The number of nitrogens with one attached hydrogen (secondary N) is 2. The van der Waals surface area contributed by atoms with Gasteiger partial charge in [-0.2, -0.15) is 0 Å². The molecule has 150 valence electrons. The van der Waals surface area contributed by atoms with Crippen molar-refractivity contribution >= 4 is 56.2 Å². The van der Waals surface area contributed by atoms with Gasteiger partial charge in [-0.1, -0.05) is 60.1 Å². The Balaban J connectivity index is 1.35. The van der Waals surface area contributed by atoms with Crippen LogP contribution in [0, 0.1) is 0 Å². The molecule has 1 aromatic heterocycles. The van der Waals surface area contributed by atoms with Gasteiger partial charge in [0.1, 0.15) is 4.88 Å². The maximum Gasteiger partial charge on any atom is 0.267 e. The number of thiophene rings is 1. The fraction of sp³-hybridized carbons (Fsp3) is 0.0833. The van der Waals surface area contributed by atoms with Crippen LogP contribution in [0.25, 0.3) is 10.1 Å². The Bertz CT molecular complexity index is 1190. The van der Waals surface area contributed by atoms with Gasteiger partial charge in [-0.05, 0) is 42.3 Å². The van der Waals surface area contributed by atoms with E-state index in [0.717, 1.165) is 15.6 Å². The van der Waals surface area contributed by atoms with Crippen molar-refractivity contribution in [1.29, 1.82) is 0 Å². The third-order valence-corrected chi connectivity index (χ3v) is 6.33. The van der Waals surface area contributed by atoms with Crippen LogP contribution in [0.15, 0.2) is 78.9 Å². The highest BCUT2D eigenvalue weighted by Crippen LogP contribution is 2.35. The van der Waals surface area contributed by atoms with Crippen LogP contribution in [-0.2, 0) is 11.2 Å². The summed E-state index contributed by atoms with van der Waals surface area (Å²) in [6.45, 7) is 0. The van der Waals surface area contributed by atoms with Gasteiger partial charge in [-0.3, -0.25) is 9.59 Å². The molecule has 3 aromatic carbocycles. The third-order valence-electron chi connectivity index (χ3n) is 4.65. The highest BCUT2D eigenvalue weighted by atomic mass is 35.5. The number of rotatable bonds is 6. The number of amides is 2. The van der Waals surface area contributed by atoms with Crippen LogP contribution in [0.4, 0.5) is 11.4 Å². The van der Waals surface area contributed by atoms with E-state index in [-0.39, 0.29) is 11.8 Å². The number of halogens is 1. The molecule has 0 bridgehead atoms. The lowest BCUT2D eigenvalue weighted by molar-refractivity contribution is -0.116. The average Bonchev–Trinajstić information content (AvgIpc) is 3.11. The van der Waals surface area contributed by atoms with Gasteiger partial charge in [0.05, 0.1) is 5.02 Å². The van der Waals surface area contributed by atoms with Crippen LogP contribution in [-0.4, -0.2) is 11.8 Å². The molecule has 6 heteroatoms. The quantitative estimate of drug-likeness (QED) is 0.370. The normalized spacial score (nSPS) is 10.7. The summed E-state index contributed by atoms with van der Waals surface area (Å²) in [4.78, 5) is 25.3. The molecular formula is C24H19ClN2O2S. The van der Waals surface area contributed by atoms with E-state index in [4.69, 9.17) is 11.6 Å². The molecular weight excluding hydrogens is 416 g/mol. The molecule has 0 aliphatic heterocycles. The number of hydrogen-bond acceptors (Lipinski definition) is 3. The summed E-state index contributed by atoms with van der Waals surface area (Å²) in [5.74, 6) is -0.298. The van der Waals surface area contributed by atoms with Gasteiger partial charge in [-0.25, -0.2) is 0 Å². The minimum absolute atomic E-state index is 0.0484. The van der Waals surface area contributed by atoms with E-state index in [2.05, 4.69) is 10.6 Å². The third kappa shape index (κ3) is 4.70. The van der Waals surface area contributed by atoms with Gasteiger partial charge in [0.15, 0.2) is 0 Å². The summed E-state index contributed by atoms with van der Waals surface area (Å²) in [5.41, 5.74) is 2.45. The topological polar surface area (TPSA) is 58.2 Å². The van der Waals surface area contributed by atoms with Crippen molar-refractivity contribution in [3.63, 3.8) is 0 Å². The molecule has 0 unspecified atom stereocenters. The van der Waals surface area contributed by atoms with Crippen molar-refractivity contribution in [3.05, 3.63) is 94.3 Å². The lowest BCUT2D eigenvalue weighted by Gasteiger charge is -2.08. The lowest BCUT2D eigenvalue weighted by Crippen LogP contribution is -2.13. The number of fused-ring (bicyclic) bond motifs is 1. The van der Waals surface area contributed by atoms with Crippen molar-refractivity contribution in [3.8, 4) is 0 Å². The van der Waals surface area contributed by atoms with Crippen molar-refractivity contribution in [1.82, 2.24) is 0 Å². The van der Waals surface area contributed by atoms with Gasteiger partial charge in [0, 0.05) is 27.9 Å². The van der Waals surface area contributed by atoms with Crippen LogP contribution in [0.5, 0.6) is 0 Å². The van der Waals surface area contributed by atoms with Crippen LogP contribution < -0.4 is 10.6 Å². The Kier molecular flexibility index (Phi) is 6.12. The minimum Gasteiger partial charge on any atom is -0.326 e. The summed E-state index contributed by atoms with van der Waals surface area (Å²) in [5, 5.41) is 7.09. The number of benzene rings is 3. The molecule has 1 heterocycles. The monoisotopic (exact) mass is 434 g/mol. The van der Waals surface area contributed by atoms with E-state index in [0.29, 0.717) is 34.1 Å². The molecule has 30 heavy (non-hydrogen) atoms.